The first kappa shape index (κ1) is 23.8. The van der Waals surface area contributed by atoms with E-state index in [1.807, 2.05) is 49.7 Å². The Morgan fingerprint density at radius 2 is 2.09 bits per heavy atom. The first-order valence-electron chi connectivity index (χ1n) is 10.8. The zero-order valence-corrected chi connectivity index (χ0v) is 20.5. The Hall–Kier alpha value is -2.87. The normalized spacial score (nSPS) is 12.7. The summed E-state index contributed by atoms with van der Waals surface area (Å²) in [7, 11) is 1.66. The number of aromatic nitrogens is 3. The summed E-state index contributed by atoms with van der Waals surface area (Å²) in [5, 5.41) is 6.27. The molecule has 7 nitrogen and oxygen atoms in total. The van der Waals surface area contributed by atoms with Crippen LogP contribution >= 0.6 is 11.3 Å². The highest BCUT2D eigenvalue weighted by molar-refractivity contribution is 7.13. The molecule has 1 amide bonds. The topological polar surface area (TPSA) is 95.1 Å². The number of amides is 1. The van der Waals surface area contributed by atoms with E-state index in [1.165, 1.54) is 0 Å². The highest BCUT2D eigenvalue weighted by Gasteiger charge is 2.31. The molecule has 0 unspecified atom stereocenters. The van der Waals surface area contributed by atoms with Crippen LogP contribution < -0.4 is 15.8 Å². The molecule has 1 atom stereocenters. The molecule has 8 heteroatoms. The number of benzene rings is 1. The van der Waals surface area contributed by atoms with Crippen LogP contribution in [0, 0.1) is 18.3 Å². The van der Waals surface area contributed by atoms with Gasteiger partial charge in [-0.2, -0.15) is 0 Å². The van der Waals surface area contributed by atoms with Gasteiger partial charge in [-0.25, -0.2) is 9.97 Å². The second-order valence-corrected chi connectivity index (χ2v) is 10.1. The summed E-state index contributed by atoms with van der Waals surface area (Å²) in [6.07, 6.45) is 5.36. The summed E-state index contributed by atoms with van der Waals surface area (Å²) in [6, 6.07) is 5.94. The third-order valence-electron chi connectivity index (χ3n) is 5.54. The molecule has 2 aromatic heterocycles. The molecule has 32 heavy (non-hydrogen) atoms. The average Bonchev–Trinajstić information content (AvgIpc) is 3.36. The van der Waals surface area contributed by atoms with Gasteiger partial charge in [-0.05, 0) is 37.8 Å². The van der Waals surface area contributed by atoms with Gasteiger partial charge in [0, 0.05) is 34.7 Å². The molecular formula is C24H33N5O2S. The second-order valence-electron chi connectivity index (χ2n) is 9.29. The van der Waals surface area contributed by atoms with Crippen molar-refractivity contribution in [3.63, 3.8) is 0 Å². The van der Waals surface area contributed by atoms with Gasteiger partial charge in [-0.3, -0.25) is 4.79 Å². The monoisotopic (exact) mass is 455 g/mol. The maximum atomic E-state index is 11.9. The highest BCUT2D eigenvalue weighted by Crippen LogP contribution is 2.37. The molecule has 2 heterocycles. The molecule has 0 bridgehead atoms. The zero-order chi connectivity index (χ0) is 23.5. The van der Waals surface area contributed by atoms with E-state index in [4.69, 9.17) is 15.5 Å². The van der Waals surface area contributed by atoms with E-state index in [1.54, 1.807) is 24.8 Å². The van der Waals surface area contributed by atoms with Crippen LogP contribution in [0.3, 0.4) is 0 Å². The summed E-state index contributed by atoms with van der Waals surface area (Å²) in [5.41, 5.74) is 8.81. The Labute approximate surface area is 194 Å². The lowest BCUT2D eigenvalue weighted by atomic mass is 9.78. The van der Waals surface area contributed by atoms with E-state index in [9.17, 15) is 4.79 Å². The minimum absolute atomic E-state index is 0.172. The predicted octanol–water partition coefficient (Wildman–Crippen LogP) is 5.42. The summed E-state index contributed by atoms with van der Waals surface area (Å²) < 4.78 is 7.54. The van der Waals surface area contributed by atoms with Gasteiger partial charge in [-0.15, -0.1) is 11.3 Å². The molecule has 1 aromatic carbocycles. The van der Waals surface area contributed by atoms with Crippen LogP contribution in [0.25, 0.3) is 5.69 Å². The van der Waals surface area contributed by atoms with Gasteiger partial charge in [-0.1, -0.05) is 27.7 Å². The molecule has 0 aliphatic carbocycles. The smallest absolute Gasteiger partial charge is 0.223 e. The number of methoxy groups -OCH3 is 1. The molecule has 0 spiro atoms. The van der Waals surface area contributed by atoms with E-state index >= 15 is 0 Å². The summed E-state index contributed by atoms with van der Waals surface area (Å²) in [5.74, 6) is 1.13. The fourth-order valence-electron chi connectivity index (χ4n) is 3.77. The van der Waals surface area contributed by atoms with Crippen LogP contribution in [0.5, 0.6) is 5.75 Å². The van der Waals surface area contributed by atoms with Crippen molar-refractivity contribution in [1.82, 2.24) is 14.5 Å². The highest BCUT2D eigenvalue weighted by atomic mass is 32.1. The second kappa shape index (κ2) is 9.73. The number of nitrogens with one attached hydrogen (secondary N) is 1. The maximum Gasteiger partial charge on any atom is 0.223 e. The van der Waals surface area contributed by atoms with Gasteiger partial charge in [0.1, 0.15) is 5.75 Å². The molecule has 3 aromatic rings. The van der Waals surface area contributed by atoms with Crippen molar-refractivity contribution in [3.05, 3.63) is 47.5 Å². The largest absolute Gasteiger partial charge is 0.494 e. The van der Waals surface area contributed by atoms with Crippen LogP contribution in [0.15, 0.2) is 36.1 Å². The molecule has 0 saturated carbocycles. The average molecular weight is 456 g/mol. The number of aryl methyl sites for hydroxylation is 1. The Kier molecular flexibility index (Phi) is 7.23. The van der Waals surface area contributed by atoms with Crippen molar-refractivity contribution in [2.24, 2.45) is 17.1 Å². The lowest BCUT2D eigenvalue weighted by Gasteiger charge is -2.27. The fourth-order valence-corrected chi connectivity index (χ4v) is 4.58. The number of ether oxygens (including phenoxy) is 1. The Balaban J connectivity index is 1.80. The van der Waals surface area contributed by atoms with E-state index < -0.39 is 5.41 Å². The van der Waals surface area contributed by atoms with Crippen molar-refractivity contribution in [1.29, 1.82) is 0 Å². The van der Waals surface area contributed by atoms with Gasteiger partial charge >= 0.3 is 0 Å². The number of thiazole rings is 1. The number of imidazole rings is 1. The molecule has 0 radical (unpaired) electrons. The number of nitrogens with two attached hydrogens (primary N) is 1. The van der Waals surface area contributed by atoms with Gasteiger partial charge in [0.05, 0.1) is 30.5 Å². The van der Waals surface area contributed by atoms with Gasteiger partial charge in [0.25, 0.3) is 0 Å². The fraction of sp³-hybridized carbons (Fsp3) is 0.458. The molecule has 0 saturated heterocycles. The Morgan fingerprint density at radius 3 is 2.69 bits per heavy atom. The number of nitrogens with zero attached hydrogens (tertiary/aromatic N) is 3. The molecule has 172 valence electrons. The number of hydrogen-bond acceptors (Lipinski definition) is 6. The van der Waals surface area contributed by atoms with Crippen molar-refractivity contribution in [3.8, 4) is 11.4 Å². The first-order chi connectivity index (χ1) is 15.1. The van der Waals surface area contributed by atoms with Crippen molar-refractivity contribution in [2.75, 3.05) is 12.4 Å². The number of rotatable bonds is 10. The van der Waals surface area contributed by atoms with Gasteiger partial charge in [0.2, 0.25) is 5.91 Å². The maximum absolute atomic E-state index is 11.9. The number of hydrogen-bond donors (Lipinski definition) is 2. The van der Waals surface area contributed by atoms with E-state index in [0.717, 1.165) is 40.1 Å². The lowest BCUT2D eigenvalue weighted by molar-refractivity contribution is -0.126. The third kappa shape index (κ3) is 5.68. The van der Waals surface area contributed by atoms with E-state index in [0.29, 0.717) is 12.3 Å². The van der Waals surface area contributed by atoms with Crippen molar-refractivity contribution in [2.45, 2.75) is 53.4 Å². The van der Waals surface area contributed by atoms with Crippen LogP contribution in [-0.2, 0) is 4.79 Å². The SMILES string of the molecule is COc1cc(Nc2nc([C@@H](CC(C)C)CC(C)(C)C(N)=O)cs2)ccc1-n1cnc(C)c1. The van der Waals surface area contributed by atoms with Crippen molar-refractivity contribution < 1.29 is 9.53 Å². The molecular weight excluding hydrogens is 422 g/mol. The minimum Gasteiger partial charge on any atom is -0.494 e. The van der Waals surface area contributed by atoms with E-state index in [2.05, 4.69) is 29.5 Å². The first-order valence-corrected chi connectivity index (χ1v) is 11.7. The predicted molar refractivity (Wildman–Crippen MR) is 130 cm³/mol. The summed E-state index contributed by atoms with van der Waals surface area (Å²) >= 11 is 1.56. The molecule has 3 N–H and O–H groups in total. The molecule has 0 aliphatic heterocycles. The standard InChI is InChI=1S/C24H33N5O2S/c1-15(2)9-17(11-24(4,5)22(25)30)19-13-32-23(28-19)27-18-7-8-20(21(10-18)31-6)29-12-16(3)26-14-29/h7-8,10,12-15,17H,9,11H2,1-6H3,(H2,25,30)(H,27,28)/t17-/m0/s1. The summed E-state index contributed by atoms with van der Waals surface area (Å²) in [6.45, 7) is 10.1. The quantitative estimate of drug-likeness (QED) is 0.425. The molecule has 0 aliphatic rings. The van der Waals surface area contributed by atoms with E-state index in [-0.39, 0.29) is 11.8 Å². The van der Waals surface area contributed by atoms with Crippen LogP contribution in [0.2, 0.25) is 0 Å². The van der Waals surface area contributed by atoms with Gasteiger partial charge in [0.15, 0.2) is 5.13 Å². The number of carbonyl (C=O) groups is 1. The summed E-state index contributed by atoms with van der Waals surface area (Å²) in [4.78, 5) is 21.0. The Bertz CT molecular complexity index is 1070. The Morgan fingerprint density at radius 1 is 1.34 bits per heavy atom. The van der Waals surface area contributed by atoms with Crippen LogP contribution in [0.4, 0.5) is 10.8 Å². The molecule has 3 rings (SSSR count). The lowest BCUT2D eigenvalue weighted by Crippen LogP contribution is -2.33. The van der Waals surface area contributed by atoms with Gasteiger partial charge < -0.3 is 20.4 Å². The molecule has 0 fully saturated rings. The van der Waals surface area contributed by atoms with Crippen molar-refractivity contribution >= 4 is 28.1 Å². The third-order valence-corrected chi connectivity index (χ3v) is 6.32. The zero-order valence-electron chi connectivity index (χ0n) is 19.7. The van der Waals surface area contributed by atoms with Crippen LogP contribution in [-0.4, -0.2) is 27.6 Å². The van der Waals surface area contributed by atoms with Crippen LogP contribution in [0.1, 0.15) is 57.8 Å². The number of carbonyl (C=O) groups excluding carboxylic acids is 1. The number of anilines is 2. The minimum atomic E-state index is -0.578. The number of primary amides is 1.